The van der Waals surface area contributed by atoms with Gasteiger partial charge in [0.05, 0.1) is 0 Å². The van der Waals surface area contributed by atoms with Crippen LogP contribution in [0, 0.1) is 0 Å². The molecule has 4 aromatic carbocycles. The molecule has 0 saturated heterocycles. The Morgan fingerprint density at radius 1 is 0.125 bits per heavy atom. The molecule has 144 heavy (non-hydrogen) atoms. The second-order valence-corrected chi connectivity index (χ2v) is 46.7. The van der Waals surface area contributed by atoms with Crippen molar-refractivity contribution in [2.75, 3.05) is 0 Å². The molecule has 0 unspecified atom stereocenters. The molecule has 0 aliphatic carbocycles. The largest absolute Gasteiger partial charge is 0.300 e. The van der Waals surface area contributed by atoms with E-state index >= 15 is 0 Å². The Bertz CT molecular complexity index is 2790. The summed E-state index contributed by atoms with van der Waals surface area (Å²) in [6, 6.07) is 38.0. The van der Waals surface area contributed by atoms with Gasteiger partial charge in [0, 0.05) is 0 Å². The molecule has 840 valence electrons. The molecular formula is C143H262O. The van der Waals surface area contributed by atoms with Crippen LogP contribution in [0.1, 0.15) is 756 Å². The Kier molecular flexibility index (Phi) is 120. The van der Waals surface area contributed by atoms with Gasteiger partial charge in [0.15, 0.2) is 0 Å². The van der Waals surface area contributed by atoms with Crippen molar-refractivity contribution in [3.63, 3.8) is 0 Å². The molecule has 0 aromatic heterocycles. The second kappa shape index (κ2) is 123. The maximum Gasteiger partial charge on any atom is 0.126 e. The van der Waals surface area contributed by atoms with E-state index in [2.05, 4.69) is 152 Å². The average Bonchev–Trinajstić information content (AvgIpc) is 0.911. The fraction of sp³-hybridized carbons (Fsp3) is 0.825. The average molecular weight is 2000 g/mol. The van der Waals surface area contributed by atoms with E-state index in [0.717, 1.165) is 0 Å². The van der Waals surface area contributed by atoms with Gasteiger partial charge in [0.1, 0.15) is 5.78 Å². The van der Waals surface area contributed by atoms with Crippen molar-refractivity contribution in [1.82, 2.24) is 0 Å². The first-order chi connectivity index (χ1) is 71.2. The lowest BCUT2D eigenvalue weighted by atomic mass is 9.96. The van der Waals surface area contributed by atoms with Crippen molar-refractivity contribution in [1.29, 1.82) is 0 Å². The Hall–Kier alpha value is -3.45. The lowest BCUT2D eigenvalue weighted by Crippen LogP contribution is -1.95. The molecule has 0 aliphatic heterocycles. The lowest BCUT2D eigenvalue weighted by Gasteiger charge is -2.10. The van der Waals surface area contributed by atoms with E-state index in [1.54, 1.807) is 44.5 Å². The van der Waals surface area contributed by atoms with Gasteiger partial charge in [-0.25, -0.2) is 0 Å². The molecule has 0 spiro atoms. The zero-order valence-electron chi connectivity index (χ0n) is 101. The van der Waals surface area contributed by atoms with Crippen LogP contribution >= 0.6 is 0 Å². The predicted octanol–water partition coefficient (Wildman–Crippen LogP) is 50.9. The Balaban J connectivity index is 0.00000189. The van der Waals surface area contributed by atoms with Gasteiger partial charge in [-0.2, -0.15) is 0 Å². The molecule has 0 saturated carbocycles. The third-order valence-corrected chi connectivity index (χ3v) is 31.7. The summed E-state index contributed by atoms with van der Waals surface area (Å²) >= 11 is 0. The Labute approximate surface area is 908 Å². The number of hydrogen-bond donors (Lipinski definition) is 0. The maximum absolute atomic E-state index is 9.44. The summed E-state index contributed by atoms with van der Waals surface area (Å²) in [5.41, 5.74) is 12.6. The van der Waals surface area contributed by atoms with E-state index in [1.807, 2.05) is 0 Å². The first-order valence-corrected chi connectivity index (χ1v) is 67.0. The quantitative estimate of drug-likeness (QED) is 0.0403. The van der Waals surface area contributed by atoms with Crippen LogP contribution in [-0.4, -0.2) is 5.78 Å². The minimum absolute atomic E-state index is 0.167. The minimum Gasteiger partial charge on any atom is -0.300 e. The molecule has 0 aliphatic rings. The lowest BCUT2D eigenvalue weighted by molar-refractivity contribution is -0.115. The van der Waals surface area contributed by atoms with Gasteiger partial charge in [-0.1, -0.05) is 743 Å². The van der Waals surface area contributed by atoms with E-state index < -0.39 is 0 Å². The third kappa shape index (κ3) is 111. The number of benzene rings is 4. The number of ketones is 1. The van der Waals surface area contributed by atoms with Crippen LogP contribution < -0.4 is 0 Å². The highest BCUT2D eigenvalue weighted by Gasteiger charge is 2.09. The maximum atomic E-state index is 9.44. The zero-order valence-corrected chi connectivity index (χ0v) is 101. The second-order valence-electron chi connectivity index (χ2n) is 46.7. The number of unbranched alkanes of at least 4 members (excludes halogenated alkanes) is 92. The monoisotopic (exact) mass is 2000 g/mol. The van der Waals surface area contributed by atoms with E-state index in [9.17, 15) is 4.79 Å². The first-order valence-electron chi connectivity index (χ1n) is 67.0. The Morgan fingerprint density at radius 3 is 0.354 bits per heavy atom. The standard InChI is InChI=1S/C44H82.3C32H58.C3H6O/c1-3-5-7-9-11-13-15-17-19-21-23-25-27-29-31-33-35-37-43-39-41-44(42-40-43)38-36-34-32-30-28-26-24-22-20-18-16-14-12-10-8-6-4-2;1-3-5-7-9-11-13-15-17-19-21-23-27-31-29-25-26-30-32(31)28-24-22-20-18-16-14-12-10-8-6-4-2;1-3-5-7-9-11-13-15-17-19-21-23-26-31-28-25-29-32(30-31)27-24-22-20-18-16-14-12-10-8-6-4-2;1-3-5-7-9-11-13-15-17-19-21-23-25-31-27-29-32(30-28-31)26-24-22-20-18-16-14-12-10-8-6-4-2;1-3(2)4/h39-42H,3-38H2,1-2H3;25-26,29-30H,3-24,27-28H2,1-2H3;25,28-30H,3-24,26-27H2,1-2H3;27-30H,3-26H2,1-2H3;1-2H3. The van der Waals surface area contributed by atoms with Gasteiger partial charge in [0.25, 0.3) is 0 Å². The summed E-state index contributed by atoms with van der Waals surface area (Å²) in [5, 5.41) is 0. The van der Waals surface area contributed by atoms with Crippen LogP contribution in [0.5, 0.6) is 0 Å². The van der Waals surface area contributed by atoms with Crippen LogP contribution in [0.4, 0.5) is 0 Å². The van der Waals surface area contributed by atoms with Crippen molar-refractivity contribution >= 4 is 5.78 Å². The highest BCUT2D eigenvalue weighted by atomic mass is 16.1. The van der Waals surface area contributed by atoms with Crippen LogP contribution in [0.15, 0.2) is 97.1 Å². The summed E-state index contributed by atoms with van der Waals surface area (Å²) in [7, 11) is 0. The molecule has 1 nitrogen and oxygen atoms in total. The molecule has 0 atom stereocenters. The molecule has 0 amide bonds. The topological polar surface area (TPSA) is 17.1 Å². The summed E-state index contributed by atoms with van der Waals surface area (Å²) < 4.78 is 0. The number of hydrogen-bond acceptors (Lipinski definition) is 1. The van der Waals surface area contributed by atoms with Gasteiger partial charge < -0.3 is 4.79 Å². The number of rotatable bonds is 108. The van der Waals surface area contributed by atoms with Crippen molar-refractivity contribution in [3.8, 4) is 0 Å². The first kappa shape index (κ1) is 141. The number of carbonyl (C=O) groups is 1. The smallest absolute Gasteiger partial charge is 0.126 e. The van der Waals surface area contributed by atoms with Crippen LogP contribution in [0.2, 0.25) is 0 Å². The van der Waals surface area contributed by atoms with Crippen molar-refractivity contribution < 1.29 is 4.79 Å². The number of carbonyl (C=O) groups excluding carboxylic acids is 1. The zero-order chi connectivity index (χ0) is 104. The Morgan fingerprint density at radius 2 is 0.229 bits per heavy atom. The van der Waals surface area contributed by atoms with E-state index in [0.29, 0.717) is 0 Å². The molecule has 0 fully saturated rings. The van der Waals surface area contributed by atoms with E-state index in [4.69, 9.17) is 0 Å². The molecule has 4 aromatic rings. The number of Topliss-reactive ketones (excluding diaryl/α,β-unsaturated/α-hetero) is 1. The van der Waals surface area contributed by atoms with Gasteiger partial charge in [0.2, 0.25) is 0 Å². The molecule has 0 heterocycles. The summed E-state index contributed by atoms with van der Waals surface area (Å²) in [6.07, 6.45) is 154. The van der Waals surface area contributed by atoms with E-state index in [-0.39, 0.29) is 5.78 Å². The van der Waals surface area contributed by atoms with Gasteiger partial charge >= 0.3 is 0 Å². The normalized spacial score (nSPS) is 11.2. The van der Waals surface area contributed by atoms with Crippen LogP contribution in [-0.2, 0) is 56.2 Å². The third-order valence-electron chi connectivity index (χ3n) is 31.7. The molecular weight excluding hydrogens is 1730 g/mol. The fourth-order valence-electron chi connectivity index (χ4n) is 21.8. The molecule has 0 N–H and O–H groups in total. The number of aryl methyl sites for hydroxylation is 8. The summed E-state index contributed by atoms with van der Waals surface area (Å²) in [4.78, 5) is 9.44. The molecule has 0 radical (unpaired) electrons. The summed E-state index contributed by atoms with van der Waals surface area (Å²) in [6.45, 7) is 21.5. The molecule has 0 bridgehead atoms. The highest BCUT2D eigenvalue weighted by Crippen LogP contribution is 2.26. The van der Waals surface area contributed by atoms with Crippen LogP contribution in [0.25, 0.3) is 0 Å². The fourth-order valence-corrected chi connectivity index (χ4v) is 21.8. The molecule has 4 rings (SSSR count). The van der Waals surface area contributed by atoms with Crippen molar-refractivity contribution in [2.24, 2.45) is 0 Å². The van der Waals surface area contributed by atoms with Crippen molar-refractivity contribution in [2.45, 2.75) is 763 Å². The van der Waals surface area contributed by atoms with Gasteiger partial charge in [-0.3, -0.25) is 0 Å². The summed E-state index contributed by atoms with van der Waals surface area (Å²) in [5.74, 6) is 0.167. The van der Waals surface area contributed by atoms with Gasteiger partial charge in [-0.15, -0.1) is 0 Å². The van der Waals surface area contributed by atoms with Crippen LogP contribution in [0.3, 0.4) is 0 Å². The highest BCUT2D eigenvalue weighted by molar-refractivity contribution is 5.72. The van der Waals surface area contributed by atoms with Gasteiger partial charge in [-0.05, 0) is 161 Å². The van der Waals surface area contributed by atoms with E-state index in [1.165, 1.54) is 707 Å². The van der Waals surface area contributed by atoms with Crippen molar-refractivity contribution in [3.05, 3.63) is 142 Å². The SMILES string of the molecule is CC(C)=O.CCCCCCCCCCCCCCCCCCCc1ccc(CCCCCCCCCCCCCCCCCCC)cc1.CCCCCCCCCCCCCc1ccc(CCCCCCCCCCCCC)cc1.CCCCCCCCCCCCCc1cccc(CCCCCCCCCCCCC)c1.CCCCCCCCCCCCCc1ccccc1CCCCCCCCCCCCC. The predicted molar refractivity (Wildman–Crippen MR) is 659 cm³/mol. The molecule has 1 heteroatoms. The minimum atomic E-state index is 0.167.